The van der Waals surface area contributed by atoms with Gasteiger partial charge in [-0.3, -0.25) is 4.79 Å². The molecule has 2 aliphatic rings. The third-order valence-corrected chi connectivity index (χ3v) is 5.86. The highest BCUT2D eigenvalue weighted by molar-refractivity contribution is 5.95. The molecule has 0 atom stereocenters. The summed E-state index contributed by atoms with van der Waals surface area (Å²) in [6, 6.07) is 20.8. The number of hydrogen-bond acceptors (Lipinski definition) is 3. The third kappa shape index (κ3) is 3.15. The van der Waals surface area contributed by atoms with E-state index in [-0.39, 0.29) is 5.91 Å². The number of anilines is 1. The second kappa shape index (κ2) is 7.12. The predicted molar refractivity (Wildman–Crippen MR) is 110 cm³/mol. The van der Waals surface area contributed by atoms with Crippen molar-refractivity contribution in [2.24, 2.45) is 0 Å². The number of hydrogen-bond donors (Lipinski definition) is 0. The van der Waals surface area contributed by atoms with Gasteiger partial charge in [-0.1, -0.05) is 48.5 Å². The highest BCUT2D eigenvalue weighted by Crippen LogP contribution is 2.25. The molecule has 0 aliphatic carbocycles. The van der Waals surface area contributed by atoms with Crippen LogP contribution in [0.4, 0.5) is 5.82 Å². The van der Waals surface area contributed by atoms with E-state index in [1.807, 2.05) is 23.1 Å². The standard InChI is InChI=1S/C24H23N3O/c28-24(27-14-11-19-6-2-4-8-22(19)17-27)20-9-12-25-23(15-20)26-13-10-18-5-1-3-7-21(18)16-26/h1-9,12,15H,10-11,13-14,16-17H2. The number of benzene rings is 2. The predicted octanol–water partition coefficient (Wildman–Crippen LogP) is 3.84. The first kappa shape index (κ1) is 17.0. The first-order valence-electron chi connectivity index (χ1n) is 9.92. The summed E-state index contributed by atoms with van der Waals surface area (Å²) in [6.45, 7) is 3.23. The van der Waals surface area contributed by atoms with Crippen molar-refractivity contribution in [3.63, 3.8) is 0 Å². The van der Waals surface area contributed by atoms with Crippen molar-refractivity contribution in [1.29, 1.82) is 0 Å². The van der Waals surface area contributed by atoms with Gasteiger partial charge in [-0.15, -0.1) is 0 Å². The number of amides is 1. The van der Waals surface area contributed by atoms with Crippen molar-refractivity contribution in [2.45, 2.75) is 25.9 Å². The summed E-state index contributed by atoms with van der Waals surface area (Å²) >= 11 is 0. The Balaban J connectivity index is 1.36. The summed E-state index contributed by atoms with van der Waals surface area (Å²) in [7, 11) is 0. The monoisotopic (exact) mass is 369 g/mol. The quantitative estimate of drug-likeness (QED) is 0.689. The fourth-order valence-corrected chi connectivity index (χ4v) is 4.27. The Morgan fingerprint density at radius 3 is 2.18 bits per heavy atom. The zero-order valence-corrected chi connectivity index (χ0v) is 15.8. The van der Waals surface area contributed by atoms with E-state index < -0.39 is 0 Å². The van der Waals surface area contributed by atoms with Crippen LogP contribution in [0.2, 0.25) is 0 Å². The van der Waals surface area contributed by atoms with E-state index in [0.29, 0.717) is 6.54 Å². The smallest absolute Gasteiger partial charge is 0.254 e. The normalized spacial score (nSPS) is 15.7. The molecular formula is C24H23N3O. The number of carbonyl (C=O) groups is 1. The van der Waals surface area contributed by atoms with Gasteiger partial charge in [0.15, 0.2) is 0 Å². The maximum absolute atomic E-state index is 13.1. The van der Waals surface area contributed by atoms with Gasteiger partial charge in [0.25, 0.3) is 5.91 Å². The van der Waals surface area contributed by atoms with E-state index in [9.17, 15) is 4.79 Å². The molecule has 0 saturated heterocycles. The largest absolute Gasteiger partial charge is 0.352 e. The van der Waals surface area contributed by atoms with E-state index in [1.165, 1.54) is 22.3 Å². The fraction of sp³-hybridized carbons (Fsp3) is 0.250. The average molecular weight is 369 g/mol. The van der Waals surface area contributed by atoms with Gasteiger partial charge in [-0.2, -0.15) is 0 Å². The molecule has 0 saturated carbocycles. The second-order valence-corrected chi connectivity index (χ2v) is 7.59. The summed E-state index contributed by atoms with van der Waals surface area (Å²) in [4.78, 5) is 21.9. The number of fused-ring (bicyclic) bond motifs is 2. The van der Waals surface area contributed by atoms with Crippen LogP contribution in [-0.2, 0) is 25.9 Å². The van der Waals surface area contributed by atoms with Crippen molar-refractivity contribution in [1.82, 2.24) is 9.88 Å². The van der Waals surface area contributed by atoms with E-state index >= 15 is 0 Å². The molecule has 0 N–H and O–H groups in total. The van der Waals surface area contributed by atoms with Gasteiger partial charge in [0.1, 0.15) is 5.82 Å². The molecule has 2 aliphatic heterocycles. The van der Waals surface area contributed by atoms with Gasteiger partial charge in [-0.05, 0) is 47.2 Å². The van der Waals surface area contributed by atoms with Gasteiger partial charge < -0.3 is 9.80 Å². The molecule has 2 aromatic carbocycles. The average Bonchev–Trinajstić information content (AvgIpc) is 2.78. The van der Waals surface area contributed by atoms with E-state index in [2.05, 4.69) is 52.3 Å². The van der Waals surface area contributed by atoms with Gasteiger partial charge in [0, 0.05) is 37.9 Å². The topological polar surface area (TPSA) is 36.4 Å². The molecule has 4 nitrogen and oxygen atoms in total. The molecular weight excluding hydrogens is 346 g/mol. The van der Waals surface area contributed by atoms with E-state index in [0.717, 1.165) is 43.9 Å². The first-order chi connectivity index (χ1) is 13.8. The van der Waals surface area contributed by atoms with Gasteiger partial charge in [0.2, 0.25) is 0 Å². The van der Waals surface area contributed by atoms with Crippen LogP contribution in [0.15, 0.2) is 66.9 Å². The zero-order chi connectivity index (χ0) is 18.9. The molecule has 0 radical (unpaired) electrons. The minimum Gasteiger partial charge on any atom is -0.352 e. The SMILES string of the molecule is O=C(c1ccnc(N2CCc3ccccc3C2)c1)N1CCc2ccccc2C1. The van der Waals surface area contributed by atoms with Crippen LogP contribution < -0.4 is 4.90 Å². The first-order valence-corrected chi connectivity index (χ1v) is 9.92. The molecule has 1 amide bonds. The van der Waals surface area contributed by atoms with Gasteiger partial charge >= 0.3 is 0 Å². The Hall–Kier alpha value is -3.14. The van der Waals surface area contributed by atoms with Crippen molar-refractivity contribution < 1.29 is 4.79 Å². The summed E-state index contributed by atoms with van der Waals surface area (Å²) in [6.07, 6.45) is 3.70. The maximum atomic E-state index is 13.1. The van der Waals surface area contributed by atoms with Gasteiger partial charge in [-0.25, -0.2) is 4.98 Å². The van der Waals surface area contributed by atoms with Crippen LogP contribution in [0.1, 0.15) is 32.6 Å². The third-order valence-electron chi connectivity index (χ3n) is 5.86. The molecule has 28 heavy (non-hydrogen) atoms. The van der Waals surface area contributed by atoms with Crippen molar-refractivity contribution in [2.75, 3.05) is 18.0 Å². The van der Waals surface area contributed by atoms with Crippen molar-refractivity contribution in [3.05, 3.63) is 94.7 Å². The highest BCUT2D eigenvalue weighted by atomic mass is 16.2. The lowest BCUT2D eigenvalue weighted by molar-refractivity contribution is 0.0734. The molecule has 0 fully saturated rings. The number of nitrogens with zero attached hydrogens (tertiary/aromatic N) is 3. The van der Waals surface area contributed by atoms with Crippen LogP contribution in [0.3, 0.4) is 0 Å². The molecule has 0 unspecified atom stereocenters. The van der Waals surface area contributed by atoms with Crippen molar-refractivity contribution >= 4 is 11.7 Å². The molecule has 1 aromatic heterocycles. The number of rotatable bonds is 2. The Morgan fingerprint density at radius 2 is 1.43 bits per heavy atom. The Labute approximate surface area is 165 Å². The molecule has 140 valence electrons. The highest BCUT2D eigenvalue weighted by Gasteiger charge is 2.23. The minimum absolute atomic E-state index is 0.0931. The molecule has 5 rings (SSSR count). The molecule has 0 bridgehead atoms. The van der Waals surface area contributed by atoms with Crippen molar-refractivity contribution in [3.8, 4) is 0 Å². The number of pyridine rings is 1. The second-order valence-electron chi connectivity index (χ2n) is 7.59. The number of aromatic nitrogens is 1. The number of carbonyl (C=O) groups excluding carboxylic acids is 1. The zero-order valence-electron chi connectivity index (χ0n) is 15.8. The van der Waals surface area contributed by atoms with Crippen LogP contribution >= 0.6 is 0 Å². The van der Waals surface area contributed by atoms with Gasteiger partial charge in [0.05, 0.1) is 0 Å². The Bertz CT molecular complexity index is 1030. The van der Waals surface area contributed by atoms with Crippen LogP contribution in [0.5, 0.6) is 0 Å². The molecule has 3 heterocycles. The van der Waals surface area contributed by atoms with E-state index in [1.54, 1.807) is 6.20 Å². The minimum atomic E-state index is 0.0931. The van der Waals surface area contributed by atoms with E-state index in [4.69, 9.17) is 0 Å². The lowest BCUT2D eigenvalue weighted by Gasteiger charge is -2.31. The maximum Gasteiger partial charge on any atom is 0.254 e. The molecule has 3 aromatic rings. The fourth-order valence-electron chi connectivity index (χ4n) is 4.27. The Morgan fingerprint density at radius 1 is 0.786 bits per heavy atom. The lowest BCUT2D eigenvalue weighted by atomic mass is 9.99. The van der Waals surface area contributed by atoms with Crippen LogP contribution in [0, 0.1) is 0 Å². The van der Waals surface area contributed by atoms with Crippen LogP contribution in [0.25, 0.3) is 0 Å². The summed E-state index contributed by atoms with van der Waals surface area (Å²) < 4.78 is 0. The summed E-state index contributed by atoms with van der Waals surface area (Å²) in [5, 5.41) is 0. The summed E-state index contributed by atoms with van der Waals surface area (Å²) in [5.74, 6) is 0.980. The molecule has 4 heteroatoms. The summed E-state index contributed by atoms with van der Waals surface area (Å²) in [5.41, 5.74) is 6.10. The lowest BCUT2D eigenvalue weighted by Crippen LogP contribution is -2.36. The Kier molecular flexibility index (Phi) is 4.32. The van der Waals surface area contributed by atoms with Crippen LogP contribution in [-0.4, -0.2) is 28.9 Å². The molecule has 0 spiro atoms.